The Bertz CT molecular complexity index is 4720. The van der Waals surface area contributed by atoms with Gasteiger partial charge in [-0.25, -0.2) is 0 Å². The highest BCUT2D eigenvalue weighted by atomic mass is 35.5. The predicted molar refractivity (Wildman–Crippen MR) is 433 cm³/mol. The molecule has 6 fully saturated rings. The number of amides is 9. The zero-order valence-electron chi connectivity index (χ0n) is 67.6. The van der Waals surface area contributed by atoms with Crippen molar-refractivity contribution in [2.45, 2.75) is 246 Å². The number of halogens is 2. The molecule has 5 aromatic rings. The third-order valence-corrected chi connectivity index (χ3v) is 24.9. The van der Waals surface area contributed by atoms with Gasteiger partial charge in [0.15, 0.2) is 23.9 Å². The summed E-state index contributed by atoms with van der Waals surface area (Å²) in [4.78, 5) is 138. The van der Waals surface area contributed by atoms with Gasteiger partial charge in [-0.15, -0.1) is 0 Å². The van der Waals surface area contributed by atoms with Gasteiger partial charge in [0.25, 0.3) is 0 Å². The van der Waals surface area contributed by atoms with Crippen LogP contribution in [0, 0.1) is 29.6 Å². The molecule has 34 nitrogen and oxygen atoms in total. The second kappa shape index (κ2) is 37.7. The van der Waals surface area contributed by atoms with Crippen molar-refractivity contribution in [1.29, 1.82) is 0 Å². The molecule has 4 aliphatic carbocycles. The molecule has 16 rings (SSSR count). The molecule has 7 heterocycles. The van der Waals surface area contributed by atoms with E-state index in [9.17, 15) is 60.3 Å². The fraction of sp³-hybridized carbons (Fsp3) is 0.541. The van der Waals surface area contributed by atoms with E-state index >= 15 is 28.8 Å². The Morgan fingerprint density at radius 3 is 1.88 bits per heavy atom. The Balaban J connectivity index is 1.01. The second-order valence-electron chi connectivity index (χ2n) is 33.9. The quantitative estimate of drug-likeness (QED) is 0.0436. The first-order chi connectivity index (χ1) is 57.6. The van der Waals surface area contributed by atoms with Crippen LogP contribution in [0.25, 0.3) is 11.1 Å². The van der Waals surface area contributed by atoms with Gasteiger partial charge >= 0.3 is 0 Å². The number of fused-ring (bicyclic) bond motifs is 15. The fourth-order valence-corrected chi connectivity index (χ4v) is 18.7. The SMILES string of the molecule is CCCCCCCCC(=O)NC(=O)C[C@@H]1NC(=O)[C@H](NC(=O)[C@@H](CC(C)C)NC)[C@H](O)c2ccc(c(Cl)c2)Oc2cc3cc(c2O[C@@H]2O[C@H](CO)[C@@H](O)[C@H](O)[C@H]2O[C@H]2C[C@](C)(N)[C@H](O)[C@H](C)O2)Oc2ccc(cc2Cl)[C@@H](O)[C@@H]2NC(=O)[C@H](NC(=O)[C@@H]3NC1=O)c1ccc(O)c(c1)-c1c(O)cc(O)cc1[C@@H](C(=O)NC1C3CC4CC(C3)CC1C4)NC2=O. The summed E-state index contributed by atoms with van der Waals surface area (Å²) in [6, 6.07) is 0.237. The average molecular weight is 1720 g/mol. The normalized spacial score (nSPS) is 31.0. The van der Waals surface area contributed by atoms with Crippen molar-refractivity contribution in [3.05, 3.63) is 117 Å². The molecule has 2 saturated heterocycles. The van der Waals surface area contributed by atoms with E-state index in [1.54, 1.807) is 0 Å². The van der Waals surface area contributed by atoms with Crippen LogP contribution in [0.4, 0.5) is 0 Å². The molecule has 121 heavy (non-hydrogen) atoms. The van der Waals surface area contributed by atoms with Crippen molar-refractivity contribution in [2.75, 3.05) is 13.7 Å². The van der Waals surface area contributed by atoms with E-state index in [0.29, 0.717) is 24.7 Å². The molecule has 9 amide bonds. The minimum Gasteiger partial charge on any atom is -0.508 e. The van der Waals surface area contributed by atoms with Crippen LogP contribution in [0.3, 0.4) is 0 Å². The number of aliphatic hydroxyl groups excluding tert-OH is 6. The Morgan fingerprint density at radius 2 is 1.26 bits per heavy atom. The Labute approximate surface area is 707 Å². The number of rotatable bonds is 21. The maximum atomic E-state index is 16.6. The topological polar surface area (TPSA) is 525 Å². The number of nitrogens with two attached hydrogens (primary N) is 1. The van der Waals surface area contributed by atoms with Gasteiger partial charge in [-0.05, 0) is 178 Å². The van der Waals surface area contributed by atoms with Gasteiger partial charge in [0.1, 0.15) is 95.5 Å². The number of aromatic hydroxyl groups is 3. The summed E-state index contributed by atoms with van der Waals surface area (Å²) in [6.07, 6.45) is -9.81. The molecule has 4 saturated carbocycles. The molecule has 0 radical (unpaired) electrons. The van der Waals surface area contributed by atoms with Crippen molar-refractivity contribution in [1.82, 2.24) is 47.9 Å². The highest BCUT2D eigenvalue weighted by molar-refractivity contribution is 6.32. The summed E-state index contributed by atoms with van der Waals surface area (Å²) >= 11 is 14.5. The Kier molecular flexibility index (Phi) is 27.8. The highest BCUT2D eigenvalue weighted by Gasteiger charge is 2.53. The number of unbranched alkanes of at least 4 members (excludes halogenated alkanes) is 5. The number of hydrogen-bond donors (Lipinski definition) is 19. The van der Waals surface area contributed by atoms with Crippen LogP contribution < -0.4 is 67.8 Å². The number of imide groups is 1. The summed E-state index contributed by atoms with van der Waals surface area (Å²) in [7, 11) is 1.49. The summed E-state index contributed by atoms with van der Waals surface area (Å²) in [5, 5.41) is 130. The molecule has 7 aliphatic heterocycles. The monoisotopic (exact) mass is 1720 g/mol. The van der Waals surface area contributed by atoms with E-state index in [-0.39, 0.29) is 93.0 Å². The van der Waals surface area contributed by atoms with Crippen molar-refractivity contribution in [2.24, 2.45) is 35.3 Å². The van der Waals surface area contributed by atoms with Gasteiger partial charge in [-0.3, -0.25) is 48.5 Å². The number of aliphatic hydroxyl groups is 6. The molecule has 0 aromatic heterocycles. The van der Waals surface area contributed by atoms with Gasteiger partial charge in [0.05, 0.1) is 41.3 Å². The Hall–Kier alpha value is -9.53. The number of phenolic OH excluding ortho intramolecular Hbond substituents is 3. The molecule has 0 spiro atoms. The predicted octanol–water partition coefficient (Wildman–Crippen LogP) is 4.87. The molecule has 36 heteroatoms. The van der Waals surface area contributed by atoms with Crippen molar-refractivity contribution >= 4 is 76.4 Å². The zero-order chi connectivity index (χ0) is 86.9. The van der Waals surface area contributed by atoms with Gasteiger partial charge in [-0.2, -0.15) is 0 Å². The van der Waals surface area contributed by atoms with Gasteiger partial charge in [0.2, 0.25) is 65.2 Å². The van der Waals surface area contributed by atoms with Crippen LogP contribution in [0.15, 0.2) is 78.9 Å². The number of nitrogens with one attached hydrogen (secondary N) is 9. The van der Waals surface area contributed by atoms with E-state index in [4.69, 9.17) is 57.4 Å². The summed E-state index contributed by atoms with van der Waals surface area (Å²) < 4.78 is 39.0. The van der Waals surface area contributed by atoms with E-state index in [2.05, 4.69) is 47.9 Å². The summed E-state index contributed by atoms with van der Waals surface area (Å²) in [6.45, 7) is 7.76. The van der Waals surface area contributed by atoms with Crippen molar-refractivity contribution in [3.63, 3.8) is 0 Å². The van der Waals surface area contributed by atoms with Crippen LogP contribution in [0.2, 0.25) is 10.0 Å². The fourth-order valence-electron chi connectivity index (χ4n) is 18.2. The lowest BCUT2D eigenvalue weighted by Gasteiger charge is -2.54. The molecule has 20 N–H and O–H groups in total. The van der Waals surface area contributed by atoms with E-state index in [0.717, 1.165) is 112 Å². The standard InChI is InChI=1S/C85H106Cl2N10O24/c1-7-8-9-10-11-12-13-60(102)91-61(103)33-52-78(110)93-66-45-29-57(117-55-18-15-41(27-49(55)86)70(104)68(82(114)90-52)96-77(109)51(89-6)20-36(2)3)74(121-84-75(73(107)72(106)59(35-98)119-84)120-62-34-85(5,88)76(108)37(4)116-62)58(30-45)118-56-19-16-42(28-50(56)87)71(105)69-83(115)95-67(81(113)92-64-43-22-38-21-39(24-43)25-44(64)23-38)48-31-46(99)32-54(101)63(48)47-26-40(14-17-53(47)100)65(79(111)97-69)94-80(66)112/h14-19,26-32,36-39,43-44,51-52,59,62,64-73,75-76,84,89,98-101,104-108H,7-13,20-25,33-35,88H2,1-6H3,(H,90,114)(H,92,113)(H,93,110)(H,94,112)(H,95,115)(H,96,109)(H,97,111)(H,91,102,103)/t37-,38?,39?,43?,44?,51+,52-,59+,62-,64?,65+,66+,67-,68+,69-,70+,71+,72+,73-,75+,76+,84-,85-/m0/s1. The Morgan fingerprint density at radius 1 is 0.653 bits per heavy atom. The first-order valence-corrected chi connectivity index (χ1v) is 41.9. The van der Waals surface area contributed by atoms with Crippen molar-refractivity contribution < 1.29 is 118 Å². The van der Waals surface area contributed by atoms with Gasteiger partial charge in [-0.1, -0.05) is 94.3 Å². The van der Waals surface area contributed by atoms with E-state index < -0.39 is 221 Å². The number of ether oxygens (including phenoxy) is 6. The van der Waals surface area contributed by atoms with E-state index in [1.807, 2.05) is 20.8 Å². The molecule has 18 atom stereocenters. The lowest BCUT2D eigenvalue weighted by Crippen LogP contribution is -2.64. The number of phenols is 3. The lowest BCUT2D eigenvalue weighted by molar-refractivity contribution is -0.333. The molecule has 5 aromatic carbocycles. The minimum absolute atomic E-state index is 0.0631. The maximum absolute atomic E-state index is 16.6. The van der Waals surface area contributed by atoms with Crippen LogP contribution in [-0.2, 0) is 57.4 Å². The largest absolute Gasteiger partial charge is 0.508 e. The maximum Gasteiger partial charge on any atom is 0.248 e. The van der Waals surface area contributed by atoms with Gasteiger partial charge in [0, 0.05) is 41.6 Å². The molecule has 0 unspecified atom stereocenters. The van der Waals surface area contributed by atoms with Crippen LogP contribution in [-0.4, -0.2) is 198 Å². The number of likely N-dealkylation sites (N-methyl/N-ethyl adjacent to an activating group) is 1. The minimum atomic E-state index is -2.38. The van der Waals surface area contributed by atoms with Crippen LogP contribution in [0.1, 0.15) is 189 Å². The number of hydrogen-bond acceptors (Lipinski definition) is 26. The number of benzene rings is 5. The van der Waals surface area contributed by atoms with Gasteiger partial charge < -0.3 is 123 Å². The average Bonchev–Trinajstić information content (AvgIpc) is 0.761. The first kappa shape index (κ1) is 89.2. The molecular formula is C85H106Cl2N10O24. The molecule has 15 bridgehead atoms. The number of carbonyl (C=O) groups is 9. The van der Waals surface area contributed by atoms with Crippen LogP contribution in [0.5, 0.6) is 46.0 Å². The third-order valence-electron chi connectivity index (χ3n) is 24.3. The summed E-state index contributed by atoms with van der Waals surface area (Å²) in [5.41, 5.74) is 3.03. The van der Waals surface area contributed by atoms with Crippen molar-refractivity contribution in [3.8, 4) is 57.1 Å². The lowest BCUT2D eigenvalue weighted by atomic mass is 9.54. The van der Waals surface area contributed by atoms with E-state index in [1.165, 1.54) is 45.2 Å². The molecule has 654 valence electrons. The first-order valence-electron chi connectivity index (χ1n) is 41.2. The van der Waals surface area contributed by atoms with Crippen LogP contribution >= 0.6 is 23.2 Å². The molecular weight excluding hydrogens is 1620 g/mol. The highest BCUT2D eigenvalue weighted by Crippen LogP contribution is 2.55. The zero-order valence-corrected chi connectivity index (χ0v) is 69.1. The number of carbonyl (C=O) groups excluding carboxylic acids is 9. The molecule has 11 aliphatic rings. The third kappa shape index (κ3) is 19.8. The second-order valence-corrected chi connectivity index (χ2v) is 34.7. The smallest absolute Gasteiger partial charge is 0.248 e. The summed E-state index contributed by atoms with van der Waals surface area (Å²) in [5.74, 6) is -14.0.